The first-order valence-corrected chi connectivity index (χ1v) is 6.16. The second kappa shape index (κ2) is 6.78. The fourth-order valence-corrected chi connectivity index (χ4v) is 1.80. The van der Waals surface area contributed by atoms with Crippen molar-refractivity contribution in [2.45, 2.75) is 6.54 Å². The topological polar surface area (TPSA) is 86.7 Å². The third kappa shape index (κ3) is 3.62. The van der Waals surface area contributed by atoms with Crippen LogP contribution >= 0.6 is 0 Å². The van der Waals surface area contributed by atoms with Crippen LogP contribution in [-0.2, 0) is 6.54 Å². The van der Waals surface area contributed by atoms with E-state index in [-0.39, 0.29) is 5.57 Å². The first-order valence-electron chi connectivity index (χ1n) is 6.16. The number of allylic oxidation sites excluding steroid dienone is 1. The summed E-state index contributed by atoms with van der Waals surface area (Å²) in [5, 5.41) is 20.4. The van der Waals surface area contributed by atoms with Gasteiger partial charge in [-0.1, -0.05) is 6.07 Å². The van der Waals surface area contributed by atoms with Crippen molar-refractivity contribution in [1.82, 2.24) is 9.55 Å². The van der Waals surface area contributed by atoms with E-state index in [0.29, 0.717) is 18.0 Å². The van der Waals surface area contributed by atoms with Gasteiger partial charge in [0.05, 0.1) is 19.1 Å². The zero-order chi connectivity index (χ0) is 15.1. The fraction of sp³-hybridized carbons (Fsp3) is 0.133. The van der Waals surface area contributed by atoms with E-state index in [4.69, 9.17) is 15.3 Å². The van der Waals surface area contributed by atoms with E-state index < -0.39 is 0 Å². The standard InChI is InChI=1S/C15H13N5O/c1-21-15-3-2-12(10-20-5-4-18-11-20)6-14(15)19-9-13(7-16)8-17/h2-6,9,11,19H,10H2,1H3. The summed E-state index contributed by atoms with van der Waals surface area (Å²) in [6.07, 6.45) is 6.69. The Kier molecular flexibility index (Phi) is 4.58. The molecule has 0 fully saturated rings. The van der Waals surface area contributed by atoms with Crippen molar-refractivity contribution in [2.75, 3.05) is 12.4 Å². The lowest BCUT2D eigenvalue weighted by Gasteiger charge is -2.11. The molecular weight excluding hydrogens is 266 g/mol. The highest BCUT2D eigenvalue weighted by Gasteiger charge is 2.04. The molecule has 1 aromatic heterocycles. The number of nitriles is 2. The number of hydrogen-bond donors (Lipinski definition) is 1. The van der Waals surface area contributed by atoms with Gasteiger partial charge in [0.2, 0.25) is 0 Å². The molecule has 0 spiro atoms. The molecule has 0 aliphatic rings. The van der Waals surface area contributed by atoms with Crippen LogP contribution in [0.4, 0.5) is 5.69 Å². The number of nitrogens with zero attached hydrogens (tertiary/aromatic N) is 4. The van der Waals surface area contributed by atoms with Gasteiger partial charge in [-0.15, -0.1) is 0 Å². The Morgan fingerprint density at radius 3 is 2.86 bits per heavy atom. The number of imidazole rings is 1. The Balaban J connectivity index is 2.24. The normalized spacial score (nSPS) is 9.29. The highest BCUT2D eigenvalue weighted by atomic mass is 16.5. The minimum absolute atomic E-state index is 0.00272. The van der Waals surface area contributed by atoms with Gasteiger partial charge in [0.25, 0.3) is 0 Å². The minimum Gasteiger partial charge on any atom is -0.495 e. The fourth-order valence-electron chi connectivity index (χ4n) is 1.80. The molecule has 0 radical (unpaired) electrons. The van der Waals surface area contributed by atoms with Gasteiger partial charge in [-0.25, -0.2) is 4.98 Å². The first-order chi connectivity index (χ1) is 10.3. The Hall–Kier alpha value is -3.25. The monoisotopic (exact) mass is 279 g/mol. The van der Waals surface area contributed by atoms with Crippen LogP contribution < -0.4 is 10.1 Å². The average Bonchev–Trinajstić information content (AvgIpc) is 3.01. The zero-order valence-electron chi connectivity index (χ0n) is 11.4. The summed E-state index contributed by atoms with van der Waals surface area (Å²) in [6.45, 7) is 0.672. The van der Waals surface area contributed by atoms with Crippen molar-refractivity contribution < 1.29 is 4.74 Å². The molecule has 6 nitrogen and oxygen atoms in total. The third-order valence-electron chi connectivity index (χ3n) is 2.80. The highest BCUT2D eigenvalue weighted by molar-refractivity contribution is 5.60. The SMILES string of the molecule is COc1ccc(Cn2ccnc2)cc1NC=C(C#N)C#N. The number of benzene rings is 1. The van der Waals surface area contributed by atoms with E-state index in [2.05, 4.69) is 10.3 Å². The number of methoxy groups -OCH3 is 1. The van der Waals surface area contributed by atoms with Crippen LogP contribution in [0.1, 0.15) is 5.56 Å². The van der Waals surface area contributed by atoms with E-state index >= 15 is 0 Å². The Bertz CT molecular complexity index is 704. The number of aromatic nitrogens is 2. The highest BCUT2D eigenvalue weighted by Crippen LogP contribution is 2.26. The Labute approximate surface area is 122 Å². The molecular formula is C15H13N5O. The molecule has 2 aromatic rings. The van der Waals surface area contributed by atoms with Gasteiger partial charge in [0.1, 0.15) is 23.5 Å². The summed E-state index contributed by atoms with van der Waals surface area (Å²) in [4.78, 5) is 4.00. The first kappa shape index (κ1) is 14.2. The van der Waals surface area contributed by atoms with E-state index in [1.807, 2.05) is 29.0 Å². The van der Waals surface area contributed by atoms with Gasteiger partial charge in [-0.2, -0.15) is 10.5 Å². The lowest BCUT2D eigenvalue weighted by molar-refractivity contribution is 0.416. The van der Waals surface area contributed by atoms with Crippen LogP contribution in [0.3, 0.4) is 0 Å². The molecule has 1 aromatic carbocycles. The molecule has 0 saturated heterocycles. The Morgan fingerprint density at radius 2 is 2.24 bits per heavy atom. The van der Waals surface area contributed by atoms with Crippen LogP contribution in [0.5, 0.6) is 5.75 Å². The summed E-state index contributed by atoms with van der Waals surface area (Å²) < 4.78 is 7.20. The number of ether oxygens (including phenoxy) is 1. The van der Waals surface area contributed by atoms with E-state index in [0.717, 1.165) is 5.56 Å². The number of nitrogens with one attached hydrogen (secondary N) is 1. The molecule has 21 heavy (non-hydrogen) atoms. The van der Waals surface area contributed by atoms with Crippen molar-refractivity contribution in [1.29, 1.82) is 10.5 Å². The summed E-state index contributed by atoms with van der Waals surface area (Å²) in [5.41, 5.74) is 1.73. The van der Waals surface area contributed by atoms with Gasteiger partial charge >= 0.3 is 0 Å². The molecule has 0 aliphatic carbocycles. The smallest absolute Gasteiger partial charge is 0.145 e. The second-order valence-electron chi connectivity index (χ2n) is 4.20. The van der Waals surface area contributed by atoms with Gasteiger partial charge in [0, 0.05) is 25.1 Å². The van der Waals surface area contributed by atoms with Crippen LogP contribution in [0, 0.1) is 22.7 Å². The maximum Gasteiger partial charge on any atom is 0.145 e. The van der Waals surface area contributed by atoms with Crippen LogP contribution in [-0.4, -0.2) is 16.7 Å². The van der Waals surface area contributed by atoms with Crippen LogP contribution in [0.15, 0.2) is 48.7 Å². The van der Waals surface area contributed by atoms with Crippen LogP contribution in [0.25, 0.3) is 0 Å². The molecule has 6 heteroatoms. The molecule has 0 atom stereocenters. The largest absolute Gasteiger partial charge is 0.495 e. The molecule has 0 unspecified atom stereocenters. The van der Waals surface area contributed by atoms with Crippen LogP contribution in [0.2, 0.25) is 0 Å². The second-order valence-corrected chi connectivity index (χ2v) is 4.20. The molecule has 0 aliphatic heterocycles. The van der Waals surface area contributed by atoms with Gasteiger partial charge < -0.3 is 14.6 Å². The summed E-state index contributed by atoms with van der Waals surface area (Å²) in [6, 6.07) is 9.28. The van der Waals surface area contributed by atoms with Gasteiger partial charge in [0.15, 0.2) is 0 Å². The number of rotatable bonds is 5. The zero-order valence-corrected chi connectivity index (χ0v) is 11.4. The van der Waals surface area contributed by atoms with Crippen molar-refractivity contribution in [3.63, 3.8) is 0 Å². The number of hydrogen-bond acceptors (Lipinski definition) is 5. The van der Waals surface area contributed by atoms with E-state index in [9.17, 15) is 0 Å². The van der Waals surface area contributed by atoms with Gasteiger partial charge in [-0.05, 0) is 17.7 Å². The molecule has 104 valence electrons. The molecule has 0 saturated carbocycles. The van der Waals surface area contributed by atoms with Gasteiger partial charge in [-0.3, -0.25) is 0 Å². The predicted octanol–water partition coefficient (Wildman–Crippen LogP) is 2.28. The molecule has 0 bridgehead atoms. The minimum atomic E-state index is -0.00272. The molecule has 1 heterocycles. The third-order valence-corrected chi connectivity index (χ3v) is 2.80. The summed E-state index contributed by atoms with van der Waals surface area (Å²) in [5.74, 6) is 0.635. The van der Waals surface area contributed by atoms with Crippen molar-refractivity contribution >= 4 is 5.69 Å². The maximum absolute atomic E-state index is 8.73. The summed E-state index contributed by atoms with van der Waals surface area (Å²) in [7, 11) is 1.56. The quantitative estimate of drug-likeness (QED) is 0.848. The van der Waals surface area contributed by atoms with Crippen molar-refractivity contribution in [3.05, 3.63) is 54.3 Å². The maximum atomic E-state index is 8.73. The predicted molar refractivity (Wildman–Crippen MR) is 77.3 cm³/mol. The Morgan fingerprint density at radius 1 is 1.43 bits per heavy atom. The van der Waals surface area contributed by atoms with E-state index in [1.54, 1.807) is 31.8 Å². The van der Waals surface area contributed by atoms with Crippen molar-refractivity contribution in [2.24, 2.45) is 0 Å². The lowest BCUT2D eigenvalue weighted by Crippen LogP contribution is -2.00. The molecule has 2 rings (SSSR count). The lowest BCUT2D eigenvalue weighted by atomic mass is 10.2. The van der Waals surface area contributed by atoms with E-state index in [1.165, 1.54) is 6.20 Å². The molecule has 0 amide bonds. The average molecular weight is 279 g/mol. The van der Waals surface area contributed by atoms with Crippen molar-refractivity contribution in [3.8, 4) is 17.9 Å². The number of anilines is 1. The summed E-state index contributed by atoms with van der Waals surface area (Å²) >= 11 is 0. The molecule has 1 N–H and O–H groups in total.